The molecule has 2 rings (SSSR count). The summed E-state index contributed by atoms with van der Waals surface area (Å²) >= 11 is 8.25. The van der Waals surface area contributed by atoms with Crippen LogP contribution in [-0.2, 0) is 0 Å². The van der Waals surface area contributed by atoms with Crippen molar-refractivity contribution in [2.45, 2.75) is 6.92 Å². The smallest absolute Gasteiger partial charge is 0.212 e. The molecule has 12 heavy (non-hydrogen) atoms. The van der Waals surface area contributed by atoms with Gasteiger partial charge in [0, 0.05) is 0 Å². The zero-order valence-corrected chi connectivity index (χ0v) is 8.61. The highest BCUT2D eigenvalue weighted by atomic mass is 79.9. The van der Waals surface area contributed by atoms with Crippen molar-refractivity contribution in [3.63, 3.8) is 0 Å². The first-order valence-corrected chi connectivity index (χ1v) is 4.48. The Hall–Kier alpha value is -0.750. The SMILES string of the molecule is Cc1nc(=S)[nH]n2c(Br)cnc12. The summed E-state index contributed by atoms with van der Waals surface area (Å²) in [4.78, 5) is 8.21. The average Bonchev–Trinajstić information content (AvgIpc) is 2.33. The number of aromatic amines is 1. The van der Waals surface area contributed by atoms with Gasteiger partial charge in [0.2, 0.25) is 4.77 Å². The summed E-state index contributed by atoms with van der Waals surface area (Å²) in [5.41, 5.74) is 1.61. The van der Waals surface area contributed by atoms with Gasteiger partial charge in [0.05, 0.1) is 11.9 Å². The van der Waals surface area contributed by atoms with Crippen LogP contribution in [0.5, 0.6) is 0 Å². The van der Waals surface area contributed by atoms with Crippen LogP contribution in [0.3, 0.4) is 0 Å². The lowest BCUT2D eigenvalue weighted by atomic mass is 10.5. The monoisotopic (exact) mass is 244 g/mol. The predicted molar refractivity (Wildman–Crippen MR) is 50.6 cm³/mol. The van der Waals surface area contributed by atoms with Gasteiger partial charge in [-0.3, -0.25) is 5.10 Å². The number of H-pyrrole nitrogens is 1. The minimum Gasteiger partial charge on any atom is -0.266 e. The highest BCUT2D eigenvalue weighted by Gasteiger charge is 2.03. The lowest BCUT2D eigenvalue weighted by Gasteiger charge is -1.96. The zero-order chi connectivity index (χ0) is 8.72. The molecule has 0 aliphatic heterocycles. The van der Waals surface area contributed by atoms with E-state index < -0.39 is 0 Å². The molecule has 0 spiro atoms. The summed E-state index contributed by atoms with van der Waals surface area (Å²) in [5, 5.41) is 2.89. The van der Waals surface area contributed by atoms with Crippen molar-refractivity contribution in [2.24, 2.45) is 0 Å². The fourth-order valence-corrected chi connectivity index (χ4v) is 1.60. The molecule has 0 amide bonds. The van der Waals surface area contributed by atoms with E-state index in [1.807, 2.05) is 6.92 Å². The molecule has 1 N–H and O–H groups in total. The van der Waals surface area contributed by atoms with Crippen LogP contribution in [-0.4, -0.2) is 19.6 Å². The highest BCUT2D eigenvalue weighted by Crippen LogP contribution is 2.12. The van der Waals surface area contributed by atoms with Gasteiger partial charge in [-0.15, -0.1) is 0 Å². The summed E-state index contributed by atoms with van der Waals surface area (Å²) in [6.45, 7) is 1.87. The Morgan fingerprint density at radius 3 is 3.17 bits per heavy atom. The first-order chi connectivity index (χ1) is 5.68. The largest absolute Gasteiger partial charge is 0.266 e. The van der Waals surface area contributed by atoms with Crippen LogP contribution in [0.25, 0.3) is 5.65 Å². The van der Waals surface area contributed by atoms with Crippen molar-refractivity contribution in [3.05, 3.63) is 21.3 Å². The van der Waals surface area contributed by atoms with Gasteiger partial charge in [-0.2, -0.15) is 0 Å². The van der Waals surface area contributed by atoms with Crippen LogP contribution in [0, 0.1) is 11.7 Å². The second-order valence-electron chi connectivity index (χ2n) is 2.35. The van der Waals surface area contributed by atoms with E-state index in [-0.39, 0.29) is 0 Å². The lowest BCUT2D eigenvalue weighted by molar-refractivity contribution is 0.851. The Kier molecular flexibility index (Phi) is 1.73. The summed E-state index contributed by atoms with van der Waals surface area (Å²) in [6, 6.07) is 0. The summed E-state index contributed by atoms with van der Waals surface area (Å²) in [5.74, 6) is 0. The number of hydrogen-bond acceptors (Lipinski definition) is 3. The van der Waals surface area contributed by atoms with Gasteiger partial charge in [-0.25, -0.2) is 14.5 Å². The normalized spacial score (nSPS) is 10.8. The van der Waals surface area contributed by atoms with Gasteiger partial charge in [0.1, 0.15) is 4.60 Å². The molecule has 0 saturated carbocycles. The van der Waals surface area contributed by atoms with Crippen LogP contribution >= 0.6 is 28.1 Å². The third-order valence-corrected chi connectivity index (χ3v) is 2.26. The molecule has 0 saturated heterocycles. The van der Waals surface area contributed by atoms with Gasteiger partial charge in [0.15, 0.2) is 5.65 Å². The van der Waals surface area contributed by atoms with Crippen LogP contribution in [0.2, 0.25) is 0 Å². The van der Waals surface area contributed by atoms with Crippen LogP contribution in [0.4, 0.5) is 0 Å². The Labute approximate surface area is 81.8 Å². The van der Waals surface area contributed by atoms with Crippen LogP contribution < -0.4 is 0 Å². The molecule has 0 unspecified atom stereocenters. The van der Waals surface area contributed by atoms with Gasteiger partial charge in [-0.05, 0) is 35.1 Å². The molecule has 4 nitrogen and oxygen atoms in total. The number of fused-ring (bicyclic) bond motifs is 1. The second kappa shape index (κ2) is 2.63. The molecule has 0 fully saturated rings. The van der Waals surface area contributed by atoms with Gasteiger partial charge < -0.3 is 0 Å². The van der Waals surface area contributed by atoms with E-state index in [0.717, 1.165) is 15.9 Å². The molecule has 6 heteroatoms. The van der Waals surface area contributed by atoms with Crippen LogP contribution in [0.15, 0.2) is 10.8 Å². The van der Waals surface area contributed by atoms with Crippen LogP contribution in [0.1, 0.15) is 5.69 Å². The molecule has 2 aromatic rings. The topological polar surface area (TPSA) is 46.0 Å². The minimum absolute atomic E-state index is 0.457. The standard InChI is InChI=1S/C6H5BrN4S/c1-3-5-8-2-4(7)11(5)10-6(12)9-3/h2H,1H3,(H,10,12). The summed E-state index contributed by atoms with van der Waals surface area (Å²) in [7, 11) is 0. The molecule has 0 aliphatic carbocycles. The zero-order valence-electron chi connectivity index (χ0n) is 6.21. The van der Waals surface area contributed by atoms with E-state index in [0.29, 0.717) is 4.77 Å². The third-order valence-electron chi connectivity index (χ3n) is 1.52. The van der Waals surface area contributed by atoms with Crippen molar-refractivity contribution in [3.8, 4) is 0 Å². The fraction of sp³-hybridized carbons (Fsp3) is 0.167. The number of halogens is 1. The summed E-state index contributed by atoms with van der Waals surface area (Å²) < 4.78 is 3.05. The maximum atomic E-state index is 4.92. The van der Waals surface area contributed by atoms with E-state index in [1.54, 1.807) is 10.7 Å². The van der Waals surface area contributed by atoms with Gasteiger partial charge >= 0.3 is 0 Å². The van der Waals surface area contributed by atoms with E-state index in [2.05, 4.69) is 31.0 Å². The molecule has 0 aromatic carbocycles. The third kappa shape index (κ3) is 1.07. The van der Waals surface area contributed by atoms with Gasteiger partial charge in [-0.1, -0.05) is 0 Å². The first kappa shape index (κ1) is 7.88. The average molecular weight is 245 g/mol. The Bertz CT molecular complexity index is 486. The van der Waals surface area contributed by atoms with E-state index in [1.165, 1.54) is 0 Å². The van der Waals surface area contributed by atoms with Crippen molar-refractivity contribution in [1.29, 1.82) is 0 Å². The van der Waals surface area contributed by atoms with E-state index in [9.17, 15) is 0 Å². The molecule has 0 bridgehead atoms. The molecule has 2 heterocycles. The Balaban J connectivity index is 3.02. The maximum absolute atomic E-state index is 4.92. The number of aryl methyl sites for hydroxylation is 1. The fourth-order valence-electron chi connectivity index (χ4n) is 1.02. The molecular formula is C6H5BrN4S. The van der Waals surface area contributed by atoms with Crippen molar-refractivity contribution < 1.29 is 0 Å². The van der Waals surface area contributed by atoms with Crippen molar-refractivity contribution in [1.82, 2.24) is 19.6 Å². The van der Waals surface area contributed by atoms with Crippen molar-refractivity contribution in [2.75, 3.05) is 0 Å². The number of nitrogens with zero attached hydrogens (tertiary/aromatic N) is 3. The molecule has 0 aliphatic rings. The number of aromatic nitrogens is 4. The maximum Gasteiger partial charge on any atom is 0.212 e. The predicted octanol–water partition coefficient (Wildman–Crippen LogP) is 1.86. The molecule has 2 aromatic heterocycles. The Morgan fingerprint density at radius 1 is 1.67 bits per heavy atom. The minimum atomic E-state index is 0.457. The number of rotatable bonds is 0. The lowest BCUT2D eigenvalue weighted by Crippen LogP contribution is -1.97. The first-order valence-electron chi connectivity index (χ1n) is 3.28. The molecule has 62 valence electrons. The molecular weight excluding hydrogens is 240 g/mol. The summed E-state index contributed by atoms with van der Waals surface area (Å²) in [6.07, 6.45) is 1.70. The van der Waals surface area contributed by atoms with Gasteiger partial charge in [0.25, 0.3) is 0 Å². The number of imidazole rings is 1. The second-order valence-corrected chi connectivity index (χ2v) is 3.55. The van der Waals surface area contributed by atoms with E-state index in [4.69, 9.17) is 12.2 Å². The Morgan fingerprint density at radius 2 is 2.42 bits per heavy atom. The van der Waals surface area contributed by atoms with Crippen molar-refractivity contribution >= 4 is 33.8 Å². The molecule has 0 atom stereocenters. The quantitative estimate of drug-likeness (QED) is 0.720. The number of nitrogens with one attached hydrogen (secondary N) is 1. The molecule has 0 radical (unpaired) electrons. The van der Waals surface area contributed by atoms with E-state index >= 15 is 0 Å². The number of hydrogen-bond donors (Lipinski definition) is 1. The highest BCUT2D eigenvalue weighted by molar-refractivity contribution is 9.10.